The van der Waals surface area contributed by atoms with Crippen molar-refractivity contribution in [2.45, 2.75) is 25.8 Å². The predicted molar refractivity (Wildman–Crippen MR) is 148 cm³/mol. The highest BCUT2D eigenvalue weighted by Crippen LogP contribution is 2.39. The molecule has 0 radical (unpaired) electrons. The molecule has 202 valence electrons. The molecule has 2 aromatic carbocycles. The number of aromatic nitrogens is 1. The van der Waals surface area contributed by atoms with Crippen molar-refractivity contribution < 1.29 is 33.7 Å². The highest BCUT2D eigenvalue weighted by atomic mass is 32.1. The lowest BCUT2D eigenvalue weighted by Crippen LogP contribution is -2.41. The van der Waals surface area contributed by atoms with Crippen molar-refractivity contribution in [3.8, 4) is 28.5 Å². The topological polar surface area (TPSA) is 124 Å². The lowest BCUT2D eigenvalue weighted by atomic mass is 10.0. The number of amides is 1. The minimum atomic E-state index is -1.13. The van der Waals surface area contributed by atoms with E-state index in [2.05, 4.69) is 10.3 Å². The number of nitrogens with zero attached hydrogens (tertiary/aromatic N) is 1. The fourth-order valence-corrected chi connectivity index (χ4v) is 5.29. The van der Waals surface area contributed by atoms with E-state index in [1.165, 1.54) is 39.5 Å². The van der Waals surface area contributed by atoms with Gasteiger partial charge in [0.2, 0.25) is 5.78 Å². The normalized spacial score (nSPS) is 11.6. The molecule has 1 atom stereocenters. The third-order valence-electron chi connectivity index (χ3n) is 6.30. The minimum absolute atomic E-state index is 0.0841. The van der Waals surface area contributed by atoms with Crippen LogP contribution >= 0.6 is 11.3 Å². The van der Waals surface area contributed by atoms with Crippen molar-refractivity contribution in [3.05, 3.63) is 70.7 Å². The van der Waals surface area contributed by atoms with Gasteiger partial charge in [-0.05, 0) is 49.2 Å². The Balaban J connectivity index is 1.69. The first-order valence-corrected chi connectivity index (χ1v) is 13.0. The number of fused-ring (bicyclic) bond motifs is 1. The second-order valence-electron chi connectivity index (χ2n) is 8.74. The molecule has 9 nitrogen and oxygen atoms in total. The Labute approximate surface area is 229 Å². The van der Waals surface area contributed by atoms with Crippen LogP contribution in [0.5, 0.6) is 17.2 Å². The van der Waals surface area contributed by atoms with Gasteiger partial charge in [0, 0.05) is 33.0 Å². The first kappa shape index (κ1) is 27.6. The molecular weight excluding hydrogens is 520 g/mol. The number of aryl methyl sites for hydroxylation is 1. The zero-order chi connectivity index (χ0) is 28.1. The molecule has 1 amide bonds. The van der Waals surface area contributed by atoms with Gasteiger partial charge < -0.3 is 24.6 Å². The van der Waals surface area contributed by atoms with E-state index >= 15 is 0 Å². The first-order chi connectivity index (χ1) is 18.8. The van der Waals surface area contributed by atoms with Crippen molar-refractivity contribution in [1.82, 2.24) is 10.3 Å². The second kappa shape index (κ2) is 12.0. The van der Waals surface area contributed by atoms with Crippen molar-refractivity contribution in [2.24, 2.45) is 0 Å². The Bertz CT molecular complexity index is 1550. The van der Waals surface area contributed by atoms with Gasteiger partial charge in [0.05, 0.1) is 27.4 Å². The Morgan fingerprint density at radius 2 is 1.69 bits per heavy atom. The molecule has 2 heterocycles. The van der Waals surface area contributed by atoms with Gasteiger partial charge in [-0.3, -0.25) is 14.4 Å². The minimum Gasteiger partial charge on any atom is -0.494 e. The van der Waals surface area contributed by atoms with Crippen LogP contribution in [0, 0.1) is 6.92 Å². The average molecular weight is 549 g/mol. The molecule has 4 aromatic rings. The number of carbonyl (C=O) groups excluding carboxylic acids is 2. The molecule has 10 heteroatoms. The zero-order valence-electron chi connectivity index (χ0n) is 21.9. The van der Waals surface area contributed by atoms with E-state index in [0.717, 1.165) is 21.2 Å². The number of aliphatic carboxylic acids is 1. The summed E-state index contributed by atoms with van der Waals surface area (Å²) < 4.78 is 17.1. The van der Waals surface area contributed by atoms with E-state index in [1.54, 1.807) is 23.5 Å². The van der Waals surface area contributed by atoms with Crippen LogP contribution in [0.15, 0.2) is 53.9 Å². The van der Waals surface area contributed by atoms with Crippen LogP contribution < -0.4 is 19.5 Å². The van der Waals surface area contributed by atoms with E-state index in [9.17, 15) is 19.5 Å². The number of Topliss-reactive ketones (excluding diaryl/α,β-unsaturated/α-hetero) is 1. The molecule has 0 saturated carbocycles. The number of ether oxygens (including phenoxy) is 3. The number of benzene rings is 2. The largest absolute Gasteiger partial charge is 0.494 e. The average Bonchev–Trinajstić information content (AvgIpc) is 3.39. The quantitative estimate of drug-likeness (QED) is 0.247. The van der Waals surface area contributed by atoms with Crippen LogP contribution in [0.1, 0.15) is 39.3 Å². The second-order valence-corrected chi connectivity index (χ2v) is 9.62. The number of ketones is 1. The van der Waals surface area contributed by atoms with E-state index in [1.807, 2.05) is 30.5 Å². The van der Waals surface area contributed by atoms with E-state index in [-0.39, 0.29) is 24.1 Å². The van der Waals surface area contributed by atoms with Gasteiger partial charge in [0.25, 0.3) is 5.91 Å². The lowest BCUT2D eigenvalue weighted by molar-refractivity contribution is -0.137. The molecule has 4 rings (SSSR count). The molecule has 0 bridgehead atoms. The van der Waals surface area contributed by atoms with Crippen LogP contribution in [-0.2, 0) is 4.79 Å². The Hall–Kier alpha value is -4.44. The molecule has 0 saturated heterocycles. The van der Waals surface area contributed by atoms with Gasteiger partial charge in [-0.25, -0.2) is 4.98 Å². The van der Waals surface area contributed by atoms with Crippen molar-refractivity contribution in [1.29, 1.82) is 0 Å². The number of carboxylic acid groups (broad SMARTS) is 1. The molecule has 0 aliphatic carbocycles. The third-order valence-corrected chi connectivity index (χ3v) is 7.43. The summed E-state index contributed by atoms with van der Waals surface area (Å²) in [6.07, 6.45) is -0.434. The lowest BCUT2D eigenvalue weighted by Gasteiger charge is -2.18. The number of hydrogen-bond donors (Lipinski definition) is 2. The first-order valence-electron chi connectivity index (χ1n) is 12.1. The molecule has 0 spiro atoms. The van der Waals surface area contributed by atoms with E-state index in [0.29, 0.717) is 22.9 Å². The maximum absolute atomic E-state index is 13.6. The van der Waals surface area contributed by atoms with Gasteiger partial charge in [0.15, 0.2) is 11.5 Å². The van der Waals surface area contributed by atoms with E-state index in [4.69, 9.17) is 14.2 Å². The number of thiophene rings is 1. The number of hydrogen-bond acceptors (Lipinski definition) is 8. The number of rotatable bonds is 11. The van der Waals surface area contributed by atoms with Crippen LogP contribution in [0.3, 0.4) is 0 Å². The molecular formula is C29H28N2O7S. The summed E-state index contributed by atoms with van der Waals surface area (Å²) in [4.78, 5) is 42.7. The maximum atomic E-state index is 13.6. The highest BCUT2D eigenvalue weighted by molar-refractivity contribution is 7.18. The Morgan fingerprint density at radius 3 is 2.38 bits per heavy atom. The van der Waals surface area contributed by atoms with Gasteiger partial charge in [-0.1, -0.05) is 18.2 Å². The summed E-state index contributed by atoms with van der Waals surface area (Å²) in [6, 6.07) is 12.6. The number of nitrogens with one attached hydrogen (secondary N) is 1. The monoisotopic (exact) mass is 548 g/mol. The number of methoxy groups -OCH3 is 3. The Kier molecular flexibility index (Phi) is 8.46. The molecule has 39 heavy (non-hydrogen) atoms. The van der Waals surface area contributed by atoms with Gasteiger partial charge in [0.1, 0.15) is 17.1 Å². The zero-order valence-corrected chi connectivity index (χ0v) is 22.8. The predicted octanol–water partition coefficient (Wildman–Crippen LogP) is 5.14. The molecule has 0 aliphatic heterocycles. The molecule has 2 aromatic heterocycles. The van der Waals surface area contributed by atoms with E-state index < -0.39 is 23.7 Å². The van der Waals surface area contributed by atoms with Gasteiger partial charge in [-0.15, -0.1) is 11.3 Å². The molecule has 2 N–H and O–H groups in total. The fraction of sp³-hybridized carbons (Fsp3) is 0.241. The number of carboxylic acids is 1. The van der Waals surface area contributed by atoms with Crippen LogP contribution in [0.25, 0.3) is 21.3 Å². The van der Waals surface area contributed by atoms with Crippen LogP contribution in [-0.4, -0.2) is 55.1 Å². The van der Waals surface area contributed by atoms with Gasteiger partial charge >= 0.3 is 5.97 Å². The summed E-state index contributed by atoms with van der Waals surface area (Å²) in [6.45, 7) is 2.03. The van der Waals surface area contributed by atoms with Crippen molar-refractivity contribution in [3.63, 3.8) is 0 Å². The Morgan fingerprint density at radius 1 is 0.974 bits per heavy atom. The maximum Gasteiger partial charge on any atom is 0.303 e. The van der Waals surface area contributed by atoms with Crippen LogP contribution in [0.2, 0.25) is 0 Å². The van der Waals surface area contributed by atoms with Gasteiger partial charge in [-0.2, -0.15) is 0 Å². The van der Waals surface area contributed by atoms with Crippen LogP contribution in [0.4, 0.5) is 0 Å². The number of pyridine rings is 1. The highest BCUT2D eigenvalue weighted by Gasteiger charge is 2.26. The summed E-state index contributed by atoms with van der Waals surface area (Å²) in [5.41, 5.74) is 2.75. The third kappa shape index (κ3) is 5.85. The summed E-state index contributed by atoms with van der Waals surface area (Å²) in [5.74, 6) is -0.879. The SMILES string of the molecule is COc1ccc(C(=O)N[C@@H](CCC(=O)O)C(=O)c2ccc(OC)c(-c3csc4c(C)cccc34)n2)cc1OC. The summed E-state index contributed by atoms with van der Waals surface area (Å²) in [7, 11) is 4.46. The van der Waals surface area contributed by atoms with Crippen molar-refractivity contribution in [2.75, 3.05) is 21.3 Å². The molecule has 0 aliphatic rings. The fourth-order valence-electron chi connectivity index (χ4n) is 4.26. The smallest absolute Gasteiger partial charge is 0.303 e. The summed E-state index contributed by atoms with van der Waals surface area (Å²) in [5, 5.41) is 14.9. The van der Waals surface area contributed by atoms with Crippen molar-refractivity contribution >= 4 is 39.1 Å². The molecule has 0 unspecified atom stereocenters. The standard InChI is InChI=1S/C29H28N2O7S/c1-16-6-5-7-18-19(15-39-28(16)18)26-23(37-3)12-9-20(30-26)27(34)21(10-13-25(32)33)31-29(35)17-8-11-22(36-2)24(14-17)38-4/h5-9,11-12,14-15,21H,10,13H2,1-4H3,(H,31,35)(H,32,33)/t21-/m0/s1. The summed E-state index contributed by atoms with van der Waals surface area (Å²) >= 11 is 1.58. The molecule has 0 fully saturated rings. The number of carbonyl (C=O) groups is 3.